The van der Waals surface area contributed by atoms with E-state index in [0.717, 1.165) is 0 Å². The van der Waals surface area contributed by atoms with Gasteiger partial charge in [-0.2, -0.15) is 0 Å². The second kappa shape index (κ2) is 602. The topological polar surface area (TPSA) is 71.4 Å². The Kier molecular flexibility index (Phi) is 2810. The molecule has 0 aromatic rings. The van der Waals surface area contributed by atoms with Gasteiger partial charge in [-0.1, -0.05) is 0 Å². The van der Waals surface area contributed by atoms with Crippen molar-refractivity contribution in [2.45, 2.75) is 0 Å². The molecule has 0 fully saturated rings. The third kappa shape index (κ3) is 381. The molecule has 5 heteroatoms. The average molecular weight is 222 g/mol. The van der Waals surface area contributed by atoms with Crippen LogP contribution in [-0.4, -0.2) is 0 Å². The van der Waals surface area contributed by atoms with Crippen molar-refractivity contribution in [3.63, 3.8) is 0 Å². The molecule has 0 rings (SSSR count). The molecule has 0 atom stereocenters. The maximum atomic E-state index is 6.25. The van der Waals surface area contributed by atoms with Crippen molar-refractivity contribution in [3.8, 4) is 0 Å². The van der Waals surface area contributed by atoms with Crippen LogP contribution in [0.1, 0.15) is 0 Å². The molecule has 0 spiro atoms. The molecule has 0 saturated heterocycles. The summed E-state index contributed by atoms with van der Waals surface area (Å²) < 4.78 is 0. The fourth-order valence-corrected chi connectivity index (χ4v) is 0. The van der Waals surface area contributed by atoms with E-state index in [2.05, 4.69) is 0 Å². The molecule has 0 saturated carbocycles. The summed E-state index contributed by atoms with van der Waals surface area (Å²) in [5.41, 5.74) is 0. The molecule has 0 unspecified atom stereocenters. The van der Waals surface area contributed by atoms with Gasteiger partial charge in [0.1, 0.15) is 0 Å². The van der Waals surface area contributed by atoms with Crippen molar-refractivity contribution in [3.05, 3.63) is 19.7 Å². The molecular formula is C3N3NiRb. The van der Waals surface area contributed by atoms with E-state index in [1.807, 2.05) is 0 Å². The van der Waals surface area contributed by atoms with Crippen LogP contribution < -0.4 is 58.2 Å². The minimum Gasteiger partial charge on any atom is -0.512 e. The van der Waals surface area contributed by atoms with Crippen LogP contribution in [0.5, 0.6) is 0 Å². The Morgan fingerprint density at radius 2 is 0.625 bits per heavy atom. The van der Waals surface area contributed by atoms with E-state index in [0.29, 0.717) is 0 Å². The SMILES string of the molecule is [C-]#N.[C-]#N.[C-]#N.[Ni+2].[Rb+]. The molecule has 0 amide bonds. The molecule has 0 heterocycles. The summed E-state index contributed by atoms with van der Waals surface area (Å²) >= 11 is 0. The summed E-state index contributed by atoms with van der Waals surface area (Å²) in [4.78, 5) is 0. The van der Waals surface area contributed by atoms with Crippen LogP contribution >= 0.6 is 0 Å². The number of hydrogen-bond donors (Lipinski definition) is 0. The van der Waals surface area contributed by atoms with Gasteiger partial charge in [-0.25, -0.2) is 0 Å². The molecule has 0 aromatic heterocycles. The van der Waals surface area contributed by atoms with Gasteiger partial charge in [0, 0.05) is 0 Å². The van der Waals surface area contributed by atoms with Gasteiger partial charge in [-0.05, 0) is 0 Å². The van der Waals surface area contributed by atoms with Crippen molar-refractivity contribution in [1.82, 2.24) is 0 Å². The van der Waals surface area contributed by atoms with Crippen LogP contribution in [-0.2, 0) is 16.5 Å². The number of nitrogens with zero attached hydrogens (tertiary/aromatic N) is 3. The van der Waals surface area contributed by atoms with Crippen LogP contribution in [0.4, 0.5) is 0 Å². The van der Waals surface area contributed by atoms with Gasteiger partial charge >= 0.3 is 74.7 Å². The Morgan fingerprint density at radius 1 is 0.625 bits per heavy atom. The standard InChI is InChI=1S/3CN.Ni.Rb/c3*1-2;;/q3*-1;+2;+1. The van der Waals surface area contributed by atoms with Crippen molar-refractivity contribution in [1.29, 1.82) is 15.8 Å². The van der Waals surface area contributed by atoms with Gasteiger partial charge in [-0.3, -0.25) is 0 Å². The number of rotatable bonds is 0. The summed E-state index contributed by atoms with van der Waals surface area (Å²) in [5.74, 6) is 0. The average Bonchev–Trinajstić information content (AvgIpc) is 1.81. The number of hydrogen-bond acceptors (Lipinski definition) is 3. The predicted octanol–water partition coefficient (Wildman–Crippen LogP) is -2.71. The van der Waals surface area contributed by atoms with E-state index in [1.165, 1.54) is 0 Å². The summed E-state index contributed by atoms with van der Waals surface area (Å²) in [7, 11) is 0. The zero-order valence-electron chi connectivity index (χ0n) is 4.16. The molecule has 0 aliphatic carbocycles. The molecule has 0 N–H and O–H groups in total. The monoisotopic (exact) mass is 221 g/mol. The first kappa shape index (κ1) is 37.3. The first-order valence-corrected chi connectivity index (χ1v) is 0.671. The minimum absolute atomic E-state index is 0. The Labute approximate surface area is 108 Å². The van der Waals surface area contributed by atoms with E-state index in [-0.39, 0.29) is 74.7 Å². The Morgan fingerprint density at radius 3 is 0.625 bits per heavy atom. The van der Waals surface area contributed by atoms with Gasteiger partial charge in [0.05, 0.1) is 0 Å². The first-order chi connectivity index (χ1) is 3.00. The van der Waals surface area contributed by atoms with Gasteiger partial charge in [-0.15, -0.1) is 0 Å². The summed E-state index contributed by atoms with van der Waals surface area (Å²) in [6.07, 6.45) is 0. The normalized spacial score (nSPS) is 0.750. The Bertz CT molecular complexity index is 43.0. The Balaban J connectivity index is -0.00000000500. The molecular weight excluding hydrogens is 222 g/mol. The van der Waals surface area contributed by atoms with Crippen LogP contribution in [0.3, 0.4) is 0 Å². The Hall–Kier alpha value is 0.769. The maximum Gasteiger partial charge on any atom is 2.00 e. The maximum absolute atomic E-state index is 6.25. The van der Waals surface area contributed by atoms with Crippen molar-refractivity contribution in [2.75, 3.05) is 0 Å². The first-order valence-electron chi connectivity index (χ1n) is 0.671. The second-order valence-corrected chi connectivity index (χ2v) is 0. The van der Waals surface area contributed by atoms with Crippen molar-refractivity contribution in [2.24, 2.45) is 0 Å². The van der Waals surface area contributed by atoms with Gasteiger partial charge in [0.15, 0.2) is 0 Å². The van der Waals surface area contributed by atoms with Gasteiger partial charge < -0.3 is 35.5 Å². The fourth-order valence-electron chi connectivity index (χ4n) is 0. The van der Waals surface area contributed by atoms with Gasteiger partial charge in [0.25, 0.3) is 0 Å². The molecule has 0 radical (unpaired) electrons. The largest absolute Gasteiger partial charge is 2.00 e. The third-order valence-electron chi connectivity index (χ3n) is 0. The van der Waals surface area contributed by atoms with Crippen molar-refractivity contribution < 1.29 is 74.7 Å². The zero-order chi connectivity index (χ0) is 6.00. The molecule has 3 nitrogen and oxygen atoms in total. The van der Waals surface area contributed by atoms with Crippen LogP contribution in [0.25, 0.3) is 0 Å². The predicted molar refractivity (Wildman–Crippen MR) is 14.9 cm³/mol. The summed E-state index contributed by atoms with van der Waals surface area (Å²) in [6.45, 7) is 14.2. The molecule has 0 aliphatic heterocycles. The smallest absolute Gasteiger partial charge is 0.512 e. The quantitative estimate of drug-likeness (QED) is 0.330. The molecule has 38 valence electrons. The molecule has 0 aromatic carbocycles. The molecule has 0 bridgehead atoms. The van der Waals surface area contributed by atoms with E-state index in [1.54, 1.807) is 0 Å². The molecule has 8 heavy (non-hydrogen) atoms. The van der Waals surface area contributed by atoms with Crippen LogP contribution in [0, 0.1) is 35.5 Å². The molecule has 0 aliphatic rings. The van der Waals surface area contributed by atoms with E-state index < -0.39 is 0 Å². The van der Waals surface area contributed by atoms with E-state index >= 15 is 0 Å². The zero-order valence-corrected chi connectivity index (χ0v) is 10.1. The summed E-state index contributed by atoms with van der Waals surface area (Å²) in [6, 6.07) is 0. The second-order valence-electron chi connectivity index (χ2n) is 0. The van der Waals surface area contributed by atoms with Crippen molar-refractivity contribution >= 4 is 0 Å². The third-order valence-corrected chi connectivity index (χ3v) is 0. The minimum atomic E-state index is 0. The van der Waals surface area contributed by atoms with Crippen LogP contribution in [0.15, 0.2) is 0 Å². The van der Waals surface area contributed by atoms with Gasteiger partial charge in [0.2, 0.25) is 0 Å². The fraction of sp³-hybridized carbons (Fsp3) is 0. The van der Waals surface area contributed by atoms with E-state index in [9.17, 15) is 0 Å². The van der Waals surface area contributed by atoms with Crippen LogP contribution in [0.2, 0.25) is 0 Å². The summed E-state index contributed by atoms with van der Waals surface area (Å²) in [5, 5.41) is 18.8. The van der Waals surface area contributed by atoms with E-state index in [4.69, 9.17) is 35.5 Å².